The van der Waals surface area contributed by atoms with Crippen LogP contribution in [0.5, 0.6) is 0 Å². The van der Waals surface area contributed by atoms with Gasteiger partial charge in [0, 0.05) is 15.7 Å². The minimum absolute atomic E-state index is 0.180. The molecule has 6 nitrogen and oxygen atoms in total. The molecular weight excluding hydrogens is 431 g/mol. The fourth-order valence-electron chi connectivity index (χ4n) is 2.65. The molecule has 0 saturated carbocycles. The van der Waals surface area contributed by atoms with Crippen molar-refractivity contribution in [1.29, 1.82) is 0 Å². The molecule has 128 valence electrons. The maximum atomic E-state index is 12.6. The normalized spacial score (nSPS) is 16.5. The molecule has 3 rings (SSSR count). The number of halogens is 1. The summed E-state index contributed by atoms with van der Waals surface area (Å²) >= 11 is 2.22. The van der Waals surface area contributed by atoms with Crippen LogP contribution in [0.1, 0.15) is 12.0 Å². The molecule has 3 N–H and O–H groups in total. The van der Waals surface area contributed by atoms with Crippen LogP contribution in [0.25, 0.3) is 0 Å². The number of hydrazone groups is 1. The lowest BCUT2D eigenvalue weighted by Gasteiger charge is -2.20. The van der Waals surface area contributed by atoms with Gasteiger partial charge in [-0.05, 0) is 65.4 Å². The van der Waals surface area contributed by atoms with Crippen molar-refractivity contribution >= 4 is 51.5 Å². The highest BCUT2D eigenvalue weighted by molar-refractivity contribution is 14.1. The minimum Gasteiger partial charge on any atom is -0.368 e. The Hall–Kier alpha value is -2.42. The summed E-state index contributed by atoms with van der Waals surface area (Å²) in [4.78, 5) is 24.4. The Balaban J connectivity index is 1.84. The van der Waals surface area contributed by atoms with Gasteiger partial charge in [-0.2, -0.15) is 5.10 Å². The van der Waals surface area contributed by atoms with E-state index < -0.39 is 11.9 Å². The maximum absolute atomic E-state index is 12.6. The van der Waals surface area contributed by atoms with Crippen molar-refractivity contribution in [1.82, 2.24) is 0 Å². The van der Waals surface area contributed by atoms with Crippen molar-refractivity contribution in [3.8, 4) is 0 Å². The summed E-state index contributed by atoms with van der Waals surface area (Å²) in [6.07, 6.45) is 0.180. The van der Waals surface area contributed by atoms with E-state index >= 15 is 0 Å². The molecule has 2 aromatic carbocycles. The zero-order chi connectivity index (χ0) is 18.0. The highest BCUT2D eigenvalue weighted by atomic mass is 127. The van der Waals surface area contributed by atoms with E-state index in [1.165, 1.54) is 5.01 Å². The molecule has 1 aliphatic rings. The monoisotopic (exact) mass is 448 g/mol. The highest BCUT2D eigenvalue weighted by Crippen LogP contribution is 2.25. The number of nitrogens with one attached hydrogen (secondary N) is 1. The van der Waals surface area contributed by atoms with Crippen molar-refractivity contribution in [3.63, 3.8) is 0 Å². The van der Waals surface area contributed by atoms with Gasteiger partial charge in [0.2, 0.25) is 5.91 Å². The molecule has 1 atom stereocenters. The van der Waals surface area contributed by atoms with Gasteiger partial charge < -0.3 is 11.1 Å². The quantitative estimate of drug-likeness (QED) is 0.706. The minimum atomic E-state index is -0.666. The first kappa shape index (κ1) is 17.4. The highest BCUT2D eigenvalue weighted by Gasteiger charge is 2.35. The molecule has 2 aromatic rings. The lowest BCUT2D eigenvalue weighted by molar-refractivity contribution is -0.119. The lowest BCUT2D eigenvalue weighted by atomic mass is 10.1. The van der Waals surface area contributed by atoms with E-state index in [-0.39, 0.29) is 18.0 Å². The Morgan fingerprint density at radius 3 is 2.60 bits per heavy atom. The number of nitrogens with zero attached hydrogens (tertiary/aromatic N) is 2. The van der Waals surface area contributed by atoms with Gasteiger partial charge in [-0.15, -0.1) is 0 Å². The summed E-state index contributed by atoms with van der Waals surface area (Å²) in [5.74, 6) is -0.838. The molecule has 0 saturated heterocycles. The van der Waals surface area contributed by atoms with Crippen LogP contribution in [0.2, 0.25) is 0 Å². The van der Waals surface area contributed by atoms with E-state index in [9.17, 15) is 9.59 Å². The number of carbonyl (C=O) groups excluding carboxylic acids is 2. The van der Waals surface area contributed by atoms with E-state index in [1.807, 2.05) is 55.5 Å². The maximum Gasteiger partial charge on any atom is 0.271 e. The molecule has 0 aliphatic carbocycles. The van der Waals surface area contributed by atoms with Crippen molar-refractivity contribution in [2.45, 2.75) is 19.4 Å². The number of benzene rings is 2. The summed E-state index contributed by atoms with van der Waals surface area (Å²) < 4.78 is 1.09. The number of anilines is 2. The summed E-state index contributed by atoms with van der Waals surface area (Å²) in [5.41, 5.74) is 8.19. The van der Waals surface area contributed by atoms with Gasteiger partial charge in [0.15, 0.2) is 0 Å². The van der Waals surface area contributed by atoms with Crippen LogP contribution in [0.4, 0.5) is 11.4 Å². The molecule has 1 unspecified atom stereocenters. The molecule has 2 amide bonds. The van der Waals surface area contributed by atoms with Gasteiger partial charge in [0.25, 0.3) is 5.91 Å². The summed E-state index contributed by atoms with van der Waals surface area (Å²) in [7, 11) is 0. The number of carbonyl (C=O) groups is 2. The van der Waals surface area contributed by atoms with Gasteiger partial charge in [-0.3, -0.25) is 14.6 Å². The van der Waals surface area contributed by atoms with Crippen molar-refractivity contribution in [2.75, 3.05) is 10.3 Å². The summed E-state index contributed by atoms with van der Waals surface area (Å²) in [5, 5.41) is 8.71. The first-order chi connectivity index (χ1) is 12.0. The average Bonchev–Trinajstić information content (AvgIpc) is 3.04. The number of hydrogen-bond donors (Lipinski definition) is 2. The van der Waals surface area contributed by atoms with E-state index in [0.717, 1.165) is 20.5 Å². The fourth-order valence-corrected chi connectivity index (χ4v) is 3.30. The van der Waals surface area contributed by atoms with Gasteiger partial charge >= 0.3 is 0 Å². The number of para-hydroxylation sites is 1. The van der Waals surface area contributed by atoms with Crippen LogP contribution in [-0.2, 0) is 9.59 Å². The number of hydrogen-bond acceptors (Lipinski definition) is 4. The molecule has 0 aromatic heterocycles. The van der Waals surface area contributed by atoms with E-state index in [0.29, 0.717) is 0 Å². The standard InChI is InChI=1S/C18H17IN4O2/c1-11-9-12(19)7-8-14(11)21-18(25)15-10-16(17(20)24)23(22-15)13-5-3-2-4-6-13/h2-9,16H,10H2,1H3,(H2,20,24)(H,21,25). The van der Waals surface area contributed by atoms with E-state index in [4.69, 9.17) is 5.73 Å². The zero-order valence-corrected chi connectivity index (χ0v) is 15.7. The molecule has 0 spiro atoms. The first-order valence-corrected chi connectivity index (χ1v) is 8.82. The predicted molar refractivity (Wildman–Crippen MR) is 106 cm³/mol. The largest absolute Gasteiger partial charge is 0.368 e. The second kappa shape index (κ2) is 7.22. The molecule has 7 heteroatoms. The molecule has 0 radical (unpaired) electrons. The molecule has 25 heavy (non-hydrogen) atoms. The van der Waals surface area contributed by atoms with Crippen LogP contribution in [-0.4, -0.2) is 23.6 Å². The third-order valence-corrected chi connectivity index (χ3v) is 4.63. The Bertz CT molecular complexity index is 851. The van der Waals surface area contributed by atoms with Crippen LogP contribution in [0.3, 0.4) is 0 Å². The molecule has 1 heterocycles. The molecule has 1 aliphatic heterocycles. The fraction of sp³-hybridized carbons (Fsp3) is 0.167. The number of primary amides is 1. The van der Waals surface area contributed by atoms with Crippen LogP contribution < -0.4 is 16.1 Å². The van der Waals surface area contributed by atoms with Crippen LogP contribution in [0, 0.1) is 10.5 Å². The van der Waals surface area contributed by atoms with Crippen LogP contribution >= 0.6 is 22.6 Å². The van der Waals surface area contributed by atoms with Crippen molar-refractivity contribution < 1.29 is 9.59 Å². The van der Waals surface area contributed by atoms with Crippen LogP contribution in [0.15, 0.2) is 53.6 Å². The SMILES string of the molecule is Cc1cc(I)ccc1NC(=O)C1=NN(c2ccccc2)C(C(N)=O)C1. The first-order valence-electron chi connectivity index (χ1n) is 7.74. The summed E-state index contributed by atoms with van der Waals surface area (Å²) in [6, 6.07) is 14.3. The zero-order valence-electron chi connectivity index (χ0n) is 13.6. The molecule has 0 fully saturated rings. The Morgan fingerprint density at radius 1 is 1.24 bits per heavy atom. The van der Waals surface area contributed by atoms with Gasteiger partial charge in [-0.1, -0.05) is 18.2 Å². The summed E-state index contributed by atoms with van der Waals surface area (Å²) in [6.45, 7) is 1.93. The predicted octanol–water partition coefficient (Wildman–Crippen LogP) is 2.66. The number of rotatable bonds is 4. The topological polar surface area (TPSA) is 87.8 Å². The van der Waals surface area contributed by atoms with E-state index in [1.54, 1.807) is 0 Å². The van der Waals surface area contributed by atoms with Gasteiger partial charge in [-0.25, -0.2) is 0 Å². The van der Waals surface area contributed by atoms with Crippen molar-refractivity contribution in [2.24, 2.45) is 10.8 Å². The number of amides is 2. The third kappa shape index (κ3) is 3.81. The number of nitrogens with two attached hydrogens (primary N) is 1. The Morgan fingerprint density at radius 2 is 1.96 bits per heavy atom. The average molecular weight is 448 g/mol. The second-order valence-electron chi connectivity index (χ2n) is 5.76. The van der Waals surface area contributed by atoms with Gasteiger partial charge in [0.1, 0.15) is 11.8 Å². The van der Waals surface area contributed by atoms with Crippen molar-refractivity contribution in [3.05, 3.63) is 57.7 Å². The smallest absolute Gasteiger partial charge is 0.271 e. The third-order valence-electron chi connectivity index (χ3n) is 3.96. The Labute approximate surface area is 159 Å². The molecule has 0 bridgehead atoms. The second-order valence-corrected chi connectivity index (χ2v) is 7.01. The molecular formula is C18H17IN4O2. The Kier molecular flexibility index (Phi) is 5.03. The van der Waals surface area contributed by atoms with Gasteiger partial charge in [0.05, 0.1) is 5.69 Å². The van der Waals surface area contributed by atoms with E-state index in [2.05, 4.69) is 33.0 Å². The lowest BCUT2D eigenvalue weighted by Crippen LogP contribution is -2.39. The number of aryl methyl sites for hydroxylation is 1.